The number of hydrogen-bond donors (Lipinski definition) is 1. The summed E-state index contributed by atoms with van der Waals surface area (Å²) >= 11 is 0. The Labute approximate surface area is 154 Å². The van der Waals surface area contributed by atoms with E-state index in [1.54, 1.807) is 6.20 Å². The summed E-state index contributed by atoms with van der Waals surface area (Å²) in [4.78, 5) is 17.5. The van der Waals surface area contributed by atoms with Crippen molar-refractivity contribution < 1.29 is 4.79 Å². The Morgan fingerprint density at radius 2 is 1.92 bits per heavy atom. The first-order chi connectivity index (χ1) is 12.7. The van der Waals surface area contributed by atoms with Crippen molar-refractivity contribution >= 4 is 22.5 Å². The predicted molar refractivity (Wildman–Crippen MR) is 109 cm³/mol. The molecule has 0 atom stereocenters. The maximum Gasteiger partial charge on any atom is 0.256 e. The van der Waals surface area contributed by atoms with E-state index in [4.69, 9.17) is 0 Å². The van der Waals surface area contributed by atoms with E-state index in [0.717, 1.165) is 59.0 Å². The van der Waals surface area contributed by atoms with Crippen LogP contribution in [0.15, 0.2) is 67.4 Å². The largest absolute Gasteiger partial charge is 0.320 e. The van der Waals surface area contributed by atoms with Crippen LogP contribution in [0.5, 0.6) is 0 Å². The lowest BCUT2D eigenvalue weighted by Crippen LogP contribution is -2.16. The number of anilines is 1. The molecule has 132 valence electrons. The first-order valence-corrected chi connectivity index (χ1v) is 9.05. The molecule has 1 aromatic heterocycles. The normalized spacial score (nSPS) is 10.7. The topological polar surface area (TPSA) is 42.0 Å². The lowest BCUT2D eigenvalue weighted by Gasteiger charge is -2.14. The summed E-state index contributed by atoms with van der Waals surface area (Å²) in [5.74, 6) is -0.0695. The lowest BCUT2D eigenvalue weighted by atomic mass is 9.96. The second-order valence-electron chi connectivity index (χ2n) is 6.48. The molecule has 0 unspecified atom stereocenters. The zero-order valence-corrected chi connectivity index (χ0v) is 15.2. The molecule has 0 aliphatic heterocycles. The van der Waals surface area contributed by atoms with Gasteiger partial charge in [0.05, 0.1) is 11.2 Å². The number of rotatable bonds is 7. The van der Waals surface area contributed by atoms with Crippen LogP contribution in [-0.4, -0.2) is 10.9 Å². The molecule has 0 bridgehead atoms. The van der Waals surface area contributed by atoms with Gasteiger partial charge in [-0.1, -0.05) is 42.5 Å². The summed E-state index contributed by atoms with van der Waals surface area (Å²) in [7, 11) is 0. The molecule has 0 radical (unpaired) electrons. The molecular formula is C23H24N2O. The van der Waals surface area contributed by atoms with Crippen LogP contribution in [0.3, 0.4) is 0 Å². The quantitative estimate of drug-likeness (QED) is 0.441. The highest BCUT2D eigenvalue weighted by Gasteiger charge is 2.15. The number of nitrogens with zero attached hydrogens (tertiary/aromatic N) is 1. The fraction of sp³-hybridized carbons (Fsp3) is 0.217. The summed E-state index contributed by atoms with van der Waals surface area (Å²) in [5, 5.41) is 4.08. The first-order valence-electron chi connectivity index (χ1n) is 9.05. The summed E-state index contributed by atoms with van der Waals surface area (Å²) in [6.45, 7) is 5.76. The number of aromatic nitrogens is 1. The van der Waals surface area contributed by atoms with Crippen LogP contribution in [0.1, 0.15) is 40.7 Å². The Morgan fingerprint density at radius 1 is 1.12 bits per heavy atom. The number of fused-ring (bicyclic) bond motifs is 1. The fourth-order valence-corrected chi connectivity index (χ4v) is 3.26. The summed E-state index contributed by atoms with van der Waals surface area (Å²) in [6, 6.07) is 15.8. The summed E-state index contributed by atoms with van der Waals surface area (Å²) < 4.78 is 0. The van der Waals surface area contributed by atoms with Crippen molar-refractivity contribution in [3.63, 3.8) is 0 Å². The minimum Gasteiger partial charge on any atom is -0.320 e. The monoisotopic (exact) mass is 344 g/mol. The van der Waals surface area contributed by atoms with E-state index in [9.17, 15) is 4.79 Å². The highest BCUT2D eigenvalue weighted by molar-refractivity contribution is 6.09. The molecule has 1 amide bonds. The van der Waals surface area contributed by atoms with Gasteiger partial charge in [0.15, 0.2) is 0 Å². The third-order valence-electron chi connectivity index (χ3n) is 4.57. The van der Waals surface area contributed by atoms with Gasteiger partial charge < -0.3 is 5.32 Å². The molecule has 0 saturated heterocycles. The number of para-hydroxylation sites is 1. The van der Waals surface area contributed by atoms with Crippen molar-refractivity contribution in [2.75, 3.05) is 5.32 Å². The Balaban J connectivity index is 1.86. The van der Waals surface area contributed by atoms with Gasteiger partial charge in [-0.2, -0.15) is 0 Å². The van der Waals surface area contributed by atoms with Crippen LogP contribution in [0, 0.1) is 6.92 Å². The van der Waals surface area contributed by atoms with Crippen molar-refractivity contribution in [3.05, 3.63) is 84.1 Å². The van der Waals surface area contributed by atoms with E-state index in [1.165, 1.54) is 0 Å². The van der Waals surface area contributed by atoms with Crippen LogP contribution in [-0.2, 0) is 6.42 Å². The molecule has 26 heavy (non-hydrogen) atoms. The van der Waals surface area contributed by atoms with Crippen molar-refractivity contribution in [1.82, 2.24) is 4.98 Å². The molecule has 3 rings (SSSR count). The van der Waals surface area contributed by atoms with E-state index in [1.807, 2.05) is 55.5 Å². The number of hydrogen-bond acceptors (Lipinski definition) is 2. The van der Waals surface area contributed by atoms with Crippen molar-refractivity contribution in [1.29, 1.82) is 0 Å². The highest BCUT2D eigenvalue weighted by atomic mass is 16.1. The van der Waals surface area contributed by atoms with Gasteiger partial charge in [0.1, 0.15) is 0 Å². The van der Waals surface area contributed by atoms with E-state index in [-0.39, 0.29) is 5.91 Å². The molecule has 0 saturated carbocycles. The number of aryl methyl sites for hydroxylation is 2. The molecule has 0 aliphatic rings. The van der Waals surface area contributed by atoms with Gasteiger partial charge in [0.2, 0.25) is 0 Å². The maximum absolute atomic E-state index is 13.0. The van der Waals surface area contributed by atoms with Crippen molar-refractivity contribution in [3.8, 4) is 0 Å². The van der Waals surface area contributed by atoms with Gasteiger partial charge in [0, 0.05) is 17.1 Å². The van der Waals surface area contributed by atoms with E-state index in [2.05, 4.69) is 22.9 Å². The molecule has 0 spiro atoms. The Bertz CT molecular complexity index is 925. The lowest BCUT2D eigenvalue weighted by molar-refractivity contribution is 0.102. The molecule has 3 heteroatoms. The minimum absolute atomic E-state index is 0.0695. The average Bonchev–Trinajstić information content (AvgIpc) is 2.65. The SMILES string of the molecule is C=CCCCCc1cccc(C)c1C(=O)Nc1cccc2cccnc12. The van der Waals surface area contributed by atoms with Crippen LogP contribution >= 0.6 is 0 Å². The number of nitrogens with one attached hydrogen (secondary N) is 1. The third-order valence-corrected chi connectivity index (χ3v) is 4.57. The predicted octanol–water partition coefficient (Wildman–Crippen LogP) is 5.69. The third kappa shape index (κ3) is 3.99. The smallest absolute Gasteiger partial charge is 0.256 e. The number of unbranched alkanes of at least 4 members (excludes halogenated alkanes) is 2. The van der Waals surface area contributed by atoms with Crippen molar-refractivity contribution in [2.24, 2.45) is 0 Å². The van der Waals surface area contributed by atoms with Crippen LogP contribution in [0.4, 0.5) is 5.69 Å². The molecule has 0 aliphatic carbocycles. The van der Waals surface area contributed by atoms with Gasteiger partial charge in [-0.05, 0) is 55.9 Å². The van der Waals surface area contributed by atoms with Crippen molar-refractivity contribution in [2.45, 2.75) is 32.6 Å². The molecule has 3 aromatic rings. The maximum atomic E-state index is 13.0. The number of allylic oxidation sites excluding steroid dienone is 1. The van der Waals surface area contributed by atoms with Gasteiger partial charge in [0.25, 0.3) is 5.91 Å². The average molecular weight is 344 g/mol. The molecule has 3 nitrogen and oxygen atoms in total. The van der Waals surface area contributed by atoms with Gasteiger partial charge in [-0.25, -0.2) is 0 Å². The first kappa shape index (κ1) is 17.9. The molecule has 2 aromatic carbocycles. The number of amides is 1. The van der Waals surface area contributed by atoms with Crippen LogP contribution in [0.25, 0.3) is 10.9 Å². The van der Waals surface area contributed by atoms with E-state index >= 15 is 0 Å². The second kappa shape index (κ2) is 8.43. The molecular weight excluding hydrogens is 320 g/mol. The fourth-order valence-electron chi connectivity index (χ4n) is 3.26. The second-order valence-corrected chi connectivity index (χ2v) is 6.48. The van der Waals surface area contributed by atoms with Crippen LogP contribution in [0.2, 0.25) is 0 Å². The van der Waals surface area contributed by atoms with Gasteiger partial charge in [-0.3, -0.25) is 9.78 Å². The molecule has 1 heterocycles. The Kier molecular flexibility index (Phi) is 5.80. The van der Waals surface area contributed by atoms with Gasteiger partial charge >= 0.3 is 0 Å². The molecule has 1 N–H and O–H groups in total. The minimum atomic E-state index is -0.0695. The summed E-state index contributed by atoms with van der Waals surface area (Å²) in [5.41, 5.74) is 4.43. The summed E-state index contributed by atoms with van der Waals surface area (Å²) in [6.07, 6.45) is 7.73. The number of pyridine rings is 1. The van der Waals surface area contributed by atoms with E-state index in [0.29, 0.717) is 0 Å². The molecule has 0 fully saturated rings. The zero-order valence-electron chi connectivity index (χ0n) is 15.2. The standard InChI is InChI=1S/C23H24N2O/c1-3-4-5-6-11-18-12-7-10-17(2)21(18)23(26)25-20-15-8-13-19-14-9-16-24-22(19)20/h3,7-10,12-16H,1,4-6,11H2,2H3,(H,25,26). The Hall–Kier alpha value is -2.94. The van der Waals surface area contributed by atoms with Gasteiger partial charge in [-0.15, -0.1) is 6.58 Å². The Morgan fingerprint density at radius 3 is 2.77 bits per heavy atom. The number of benzene rings is 2. The number of carbonyl (C=O) groups excluding carboxylic acids is 1. The van der Waals surface area contributed by atoms with E-state index < -0.39 is 0 Å². The number of carbonyl (C=O) groups is 1. The zero-order chi connectivity index (χ0) is 18.4. The van der Waals surface area contributed by atoms with Crippen LogP contribution < -0.4 is 5.32 Å². The highest BCUT2D eigenvalue weighted by Crippen LogP contribution is 2.23.